The molecule has 1 aromatic carbocycles. The molecule has 0 aliphatic rings. The second kappa shape index (κ2) is 7.51. The summed E-state index contributed by atoms with van der Waals surface area (Å²) >= 11 is 6.12. The maximum Gasteiger partial charge on any atom is 0.234 e. The molecule has 4 heteroatoms. The number of amides is 1. The quantitative estimate of drug-likeness (QED) is 0.841. The lowest BCUT2D eigenvalue weighted by atomic mass is 10.1. The Kier molecular flexibility index (Phi) is 6.32. The van der Waals surface area contributed by atoms with Crippen LogP contribution in [-0.2, 0) is 4.79 Å². The van der Waals surface area contributed by atoms with Crippen molar-refractivity contribution in [1.82, 2.24) is 10.6 Å². The SMILES string of the molecule is CC(C)C(C)NC(=O)CN[C@H](C)c1ccccc1Cl. The molecule has 0 aliphatic carbocycles. The average Bonchev–Trinajstić information content (AvgIpc) is 2.36. The zero-order valence-electron chi connectivity index (χ0n) is 12.0. The Morgan fingerprint density at radius 2 is 1.84 bits per heavy atom. The van der Waals surface area contributed by atoms with Crippen molar-refractivity contribution in [3.05, 3.63) is 34.9 Å². The molecular weight excluding hydrogens is 260 g/mol. The van der Waals surface area contributed by atoms with Gasteiger partial charge in [0.1, 0.15) is 0 Å². The van der Waals surface area contributed by atoms with E-state index in [-0.39, 0.29) is 18.0 Å². The molecule has 0 aromatic heterocycles. The van der Waals surface area contributed by atoms with Gasteiger partial charge in [-0.3, -0.25) is 4.79 Å². The Hall–Kier alpha value is -1.06. The Morgan fingerprint density at radius 1 is 1.21 bits per heavy atom. The summed E-state index contributed by atoms with van der Waals surface area (Å²) in [7, 11) is 0. The van der Waals surface area contributed by atoms with E-state index in [2.05, 4.69) is 24.5 Å². The minimum absolute atomic E-state index is 0.0140. The normalized spacial score (nSPS) is 14.2. The third-order valence-electron chi connectivity index (χ3n) is 3.33. The molecule has 0 aliphatic heterocycles. The second-order valence-corrected chi connectivity index (χ2v) is 5.63. The zero-order valence-corrected chi connectivity index (χ0v) is 12.8. The fraction of sp³-hybridized carbons (Fsp3) is 0.533. The first-order valence-corrected chi connectivity index (χ1v) is 7.06. The predicted octanol–water partition coefficient (Wildman–Crippen LogP) is 3.15. The smallest absolute Gasteiger partial charge is 0.234 e. The van der Waals surface area contributed by atoms with Crippen LogP contribution in [0.1, 0.15) is 39.3 Å². The number of rotatable bonds is 6. The highest BCUT2D eigenvalue weighted by Crippen LogP contribution is 2.21. The molecule has 2 N–H and O–H groups in total. The molecule has 1 unspecified atom stereocenters. The lowest BCUT2D eigenvalue weighted by Gasteiger charge is -2.19. The van der Waals surface area contributed by atoms with Crippen LogP contribution >= 0.6 is 11.6 Å². The van der Waals surface area contributed by atoms with Crippen molar-refractivity contribution < 1.29 is 4.79 Å². The van der Waals surface area contributed by atoms with Gasteiger partial charge in [-0.1, -0.05) is 43.6 Å². The summed E-state index contributed by atoms with van der Waals surface area (Å²) in [5.74, 6) is 0.449. The predicted molar refractivity (Wildman–Crippen MR) is 80.3 cm³/mol. The van der Waals surface area contributed by atoms with Crippen molar-refractivity contribution in [2.24, 2.45) is 5.92 Å². The van der Waals surface area contributed by atoms with E-state index in [1.807, 2.05) is 38.1 Å². The van der Waals surface area contributed by atoms with Gasteiger partial charge in [0.25, 0.3) is 0 Å². The molecule has 1 rings (SSSR count). The van der Waals surface area contributed by atoms with Crippen LogP contribution < -0.4 is 10.6 Å². The summed E-state index contributed by atoms with van der Waals surface area (Å²) in [5.41, 5.74) is 1.01. The molecule has 19 heavy (non-hydrogen) atoms. The Labute approximate surface area is 120 Å². The van der Waals surface area contributed by atoms with Crippen LogP contribution in [0, 0.1) is 5.92 Å². The third-order valence-corrected chi connectivity index (χ3v) is 3.67. The van der Waals surface area contributed by atoms with E-state index in [4.69, 9.17) is 11.6 Å². The van der Waals surface area contributed by atoms with Crippen LogP contribution in [-0.4, -0.2) is 18.5 Å². The molecule has 0 bridgehead atoms. The molecule has 106 valence electrons. The highest BCUT2D eigenvalue weighted by Gasteiger charge is 2.13. The van der Waals surface area contributed by atoms with Gasteiger partial charge in [0.05, 0.1) is 6.54 Å². The van der Waals surface area contributed by atoms with E-state index in [1.165, 1.54) is 0 Å². The summed E-state index contributed by atoms with van der Waals surface area (Å²) in [4.78, 5) is 11.8. The van der Waals surface area contributed by atoms with Gasteiger partial charge in [-0.15, -0.1) is 0 Å². The zero-order chi connectivity index (χ0) is 14.4. The molecular formula is C15H23ClN2O. The molecule has 0 saturated heterocycles. The van der Waals surface area contributed by atoms with Gasteiger partial charge in [0.2, 0.25) is 5.91 Å². The number of nitrogens with one attached hydrogen (secondary N) is 2. The maximum atomic E-state index is 11.8. The molecule has 3 nitrogen and oxygen atoms in total. The second-order valence-electron chi connectivity index (χ2n) is 5.22. The summed E-state index contributed by atoms with van der Waals surface area (Å²) < 4.78 is 0. The van der Waals surface area contributed by atoms with Crippen molar-refractivity contribution in [3.63, 3.8) is 0 Å². The molecule has 0 spiro atoms. The van der Waals surface area contributed by atoms with E-state index in [1.54, 1.807) is 0 Å². The minimum Gasteiger partial charge on any atom is -0.352 e. The monoisotopic (exact) mass is 282 g/mol. The summed E-state index contributed by atoms with van der Waals surface area (Å²) in [6.45, 7) is 8.49. The highest BCUT2D eigenvalue weighted by atomic mass is 35.5. The fourth-order valence-electron chi connectivity index (χ4n) is 1.65. The van der Waals surface area contributed by atoms with E-state index >= 15 is 0 Å². The lowest BCUT2D eigenvalue weighted by Crippen LogP contribution is -2.41. The van der Waals surface area contributed by atoms with Gasteiger partial charge >= 0.3 is 0 Å². The number of halogens is 1. The standard InChI is InChI=1S/C15H23ClN2O/c1-10(2)11(3)18-15(19)9-17-12(4)13-7-5-6-8-14(13)16/h5-8,10-12,17H,9H2,1-4H3,(H,18,19)/t11?,12-/m1/s1. The van der Waals surface area contributed by atoms with Crippen LogP contribution in [0.2, 0.25) is 5.02 Å². The third kappa shape index (κ3) is 5.21. The van der Waals surface area contributed by atoms with Crippen LogP contribution in [0.15, 0.2) is 24.3 Å². The van der Waals surface area contributed by atoms with Crippen LogP contribution in [0.3, 0.4) is 0 Å². The number of hydrogen-bond acceptors (Lipinski definition) is 2. The van der Waals surface area contributed by atoms with Crippen molar-refractivity contribution in [2.45, 2.75) is 39.8 Å². The Balaban J connectivity index is 2.44. The molecule has 0 heterocycles. The first-order valence-electron chi connectivity index (χ1n) is 6.69. The summed E-state index contributed by atoms with van der Waals surface area (Å²) in [6, 6.07) is 7.90. The maximum absolute atomic E-state index is 11.8. The molecule has 0 saturated carbocycles. The number of carbonyl (C=O) groups excluding carboxylic acids is 1. The first kappa shape index (κ1) is 16.0. The Morgan fingerprint density at radius 3 is 2.42 bits per heavy atom. The van der Waals surface area contributed by atoms with E-state index in [0.29, 0.717) is 12.5 Å². The highest BCUT2D eigenvalue weighted by molar-refractivity contribution is 6.31. The van der Waals surface area contributed by atoms with Gasteiger partial charge in [-0.05, 0) is 31.4 Å². The van der Waals surface area contributed by atoms with Gasteiger partial charge < -0.3 is 10.6 Å². The molecule has 1 aromatic rings. The van der Waals surface area contributed by atoms with Gasteiger partial charge in [-0.25, -0.2) is 0 Å². The Bertz CT molecular complexity index is 420. The number of carbonyl (C=O) groups is 1. The van der Waals surface area contributed by atoms with E-state index in [0.717, 1.165) is 10.6 Å². The van der Waals surface area contributed by atoms with Gasteiger partial charge in [0, 0.05) is 17.1 Å². The van der Waals surface area contributed by atoms with E-state index in [9.17, 15) is 4.79 Å². The molecule has 0 radical (unpaired) electrons. The van der Waals surface area contributed by atoms with E-state index < -0.39 is 0 Å². The largest absolute Gasteiger partial charge is 0.352 e. The van der Waals surface area contributed by atoms with Crippen LogP contribution in [0.25, 0.3) is 0 Å². The van der Waals surface area contributed by atoms with Gasteiger partial charge in [0.15, 0.2) is 0 Å². The molecule has 1 amide bonds. The van der Waals surface area contributed by atoms with Crippen LogP contribution in [0.5, 0.6) is 0 Å². The topological polar surface area (TPSA) is 41.1 Å². The number of benzene rings is 1. The molecule has 0 fully saturated rings. The van der Waals surface area contributed by atoms with Crippen molar-refractivity contribution in [2.75, 3.05) is 6.54 Å². The first-order chi connectivity index (χ1) is 8.91. The van der Waals surface area contributed by atoms with Crippen molar-refractivity contribution >= 4 is 17.5 Å². The van der Waals surface area contributed by atoms with Crippen molar-refractivity contribution in [3.8, 4) is 0 Å². The molecule has 2 atom stereocenters. The average molecular weight is 283 g/mol. The van der Waals surface area contributed by atoms with Crippen molar-refractivity contribution in [1.29, 1.82) is 0 Å². The fourth-order valence-corrected chi connectivity index (χ4v) is 1.95. The number of hydrogen-bond donors (Lipinski definition) is 2. The van der Waals surface area contributed by atoms with Crippen LogP contribution in [0.4, 0.5) is 0 Å². The lowest BCUT2D eigenvalue weighted by molar-refractivity contribution is -0.121. The summed E-state index contributed by atoms with van der Waals surface area (Å²) in [5, 5.41) is 6.87. The minimum atomic E-state index is 0.0140. The summed E-state index contributed by atoms with van der Waals surface area (Å²) in [6.07, 6.45) is 0. The van der Waals surface area contributed by atoms with Gasteiger partial charge in [-0.2, -0.15) is 0 Å².